The van der Waals surface area contributed by atoms with E-state index in [2.05, 4.69) is 20.9 Å². The molecule has 1 aliphatic heterocycles. The fourth-order valence-electron chi connectivity index (χ4n) is 4.74. The van der Waals surface area contributed by atoms with Gasteiger partial charge >= 0.3 is 0 Å². The number of carbonyl (C=O) groups excluding carboxylic acids is 2. The van der Waals surface area contributed by atoms with Gasteiger partial charge < -0.3 is 20.9 Å². The van der Waals surface area contributed by atoms with Gasteiger partial charge in [0.15, 0.2) is 5.96 Å². The summed E-state index contributed by atoms with van der Waals surface area (Å²) in [5.41, 5.74) is 0. The summed E-state index contributed by atoms with van der Waals surface area (Å²) in [6, 6.07) is 0.599. The average Bonchev–Trinajstić information content (AvgIpc) is 3.39. The Morgan fingerprint density at radius 3 is 2.31 bits per heavy atom. The van der Waals surface area contributed by atoms with Crippen LogP contribution in [0.25, 0.3) is 0 Å². The molecule has 1 saturated heterocycles. The van der Waals surface area contributed by atoms with Crippen molar-refractivity contribution in [2.75, 3.05) is 26.7 Å². The van der Waals surface area contributed by atoms with Gasteiger partial charge in [-0.05, 0) is 32.1 Å². The molecule has 8 heteroatoms. The van der Waals surface area contributed by atoms with E-state index in [4.69, 9.17) is 0 Å². The number of rotatable bonds is 6. The molecule has 166 valence electrons. The van der Waals surface area contributed by atoms with Crippen LogP contribution in [0.3, 0.4) is 0 Å². The molecule has 3 fully saturated rings. The van der Waals surface area contributed by atoms with Gasteiger partial charge in [-0.25, -0.2) is 0 Å². The molecule has 2 amide bonds. The molecular formula is C21H38IN5O2. The van der Waals surface area contributed by atoms with Crippen LogP contribution in [0.2, 0.25) is 0 Å². The number of carbonyl (C=O) groups is 2. The number of guanidine groups is 1. The van der Waals surface area contributed by atoms with Gasteiger partial charge in [0.1, 0.15) is 0 Å². The lowest BCUT2D eigenvalue weighted by Gasteiger charge is -2.26. The third kappa shape index (κ3) is 7.61. The summed E-state index contributed by atoms with van der Waals surface area (Å²) in [5, 5.41) is 9.76. The van der Waals surface area contributed by atoms with Crippen LogP contribution < -0.4 is 16.0 Å². The van der Waals surface area contributed by atoms with E-state index in [0.717, 1.165) is 45.2 Å². The van der Waals surface area contributed by atoms with Gasteiger partial charge in [-0.15, -0.1) is 24.0 Å². The van der Waals surface area contributed by atoms with Gasteiger partial charge in [0, 0.05) is 51.1 Å². The fraction of sp³-hybridized carbons (Fsp3) is 0.857. The highest BCUT2D eigenvalue weighted by Crippen LogP contribution is 2.26. The summed E-state index contributed by atoms with van der Waals surface area (Å²) in [7, 11) is 1.74. The first-order chi connectivity index (χ1) is 13.7. The molecule has 3 N–H and O–H groups in total. The third-order valence-corrected chi connectivity index (χ3v) is 6.38. The van der Waals surface area contributed by atoms with E-state index in [1.54, 1.807) is 7.05 Å². The maximum absolute atomic E-state index is 12.7. The maximum atomic E-state index is 12.7. The van der Waals surface area contributed by atoms with Crippen molar-refractivity contribution >= 4 is 41.8 Å². The summed E-state index contributed by atoms with van der Waals surface area (Å²) < 4.78 is 0. The molecule has 1 unspecified atom stereocenters. The van der Waals surface area contributed by atoms with Gasteiger partial charge in [-0.3, -0.25) is 14.6 Å². The summed E-state index contributed by atoms with van der Waals surface area (Å²) in [5.74, 6) is 1.41. The first-order valence-electron chi connectivity index (χ1n) is 11.2. The maximum Gasteiger partial charge on any atom is 0.225 e. The summed E-state index contributed by atoms with van der Waals surface area (Å²) in [6.45, 7) is 2.14. The number of amides is 2. The fourth-order valence-corrected chi connectivity index (χ4v) is 4.74. The van der Waals surface area contributed by atoms with E-state index < -0.39 is 0 Å². The lowest BCUT2D eigenvalue weighted by molar-refractivity contribution is -0.135. The van der Waals surface area contributed by atoms with Crippen LogP contribution >= 0.6 is 24.0 Å². The molecule has 0 spiro atoms. The number of nitrogens with one attached hydrogen (secondary N) is 3. The van der Waals surface area contributed by atoms with Gasteiger partial charge in [-0.1, -0.05) is 32.1 Å². The molecule has 2 saturated carbocycles. The molecule has 29 heavy (non-hydrogen) atoms. The van der Waals surface area contributed by atoms with E-state index in [-0.39, 0.29) is 41.8 Å². The van der Waals surface area contributed by atoms with Crippen LogP contribution in [0.1, 0.15) is 70.6 Å². The van der Waals surface area contributed by atoms with Crippen molar-refractivity contribution in [3.05, 3.63) is 0 Å². The number of hydrogen-bond acceptors (Lipinski definition) is 3. The zero-order chi connectivity index (χ0) is 19.8. The second-order valence-corrected chi connectivity index (χ2v) is 8.55. The molecule has 0 radical (unpaired) electrons. The Morgan fingerprint density at radius 2 is 1.62 bits per heavy atom. The second kappa shape index (κ2) is 12.6. The zero-order valence-corrected chi connectivity index (χ0v) is 20.1. The molecule has 3 aliphatic rings. The summed E-state index contributed by atoms with van der Waals surface area (Å²) in [6.07, 6.45) is 11.8. The van der Waals surface area contributed by atoms with E-state index >= 15 is 0 Å². The van der Waals surface area contributed by atoms with Crippen molar-refractivity contribution in [3.8, 4) is 0 Å². The molecule has 0 aromatic carbocycles. The van der Waals surface area contributed by atoms with Crippen LogP contribution in [-0.2, 0) is 9.59 Å². The van der Waals surface area contributed by atoms with Gasteiger partial charge in [0.25, 0.3) is 0 Å². The quantitative estimate of drug-likeness (QED) is 0.286. The lowest BCUT2D eigenvalue weighted by Crippen LogP contribution is -2.46. The number of hydrogen-bond donors (Lipinski definition) is 3. The average molecular weight is 519 g/mol. The van der Waals surface area contributed by atoms with Crippen LogP contribution in [-0.4, -0.2) is 61.4 Å². The third-order valence-electron chi connectivity index (χ3n) is 6.38. The number of likely N-dealkylation sites (tertiary alicyclic amines) is 1. The van der Waals surface area contributed by atoms with Crippen LogP contribution in [0.15, 0.2) is 4.99 Å². The highest BCUT2D eigenvalue weighted by molar-refractivity contribution is 14.0. The second-order valence-electron chi connectivity index (χ2n) is 8.55. The first-order valence-corrected chi connectivity index (χ1v) is 11.2. The monoisotopic (exact) mass is 519 g/mol. The summed E-state index contributed by atoms with van der Waals surface area (Å²) >= 11 is 0. The van der Waals surface area contributed by atoms with Crippen molar-refractivity contribution in [3.63, 3.8) is 0 Å². The van der Waals surface area contributed by atoms with Gasteiger partial charge in [0.05, 0.1) is 0 Å². The molecule has 0 aromatic rings. The van der Waals surface area contributed by atoms with E-state index in [9.17, 15) is 9.59 Å². The predicted molar refractivity (Wildman–Crippen MR) is 126 cm³/mol. The Hall–Kier alpha value is -1.06. The van der Waals surface area contributed by atoms with Gasteiger partial charge in [-0.2, -0.15) is 0 Å². The zero-order valence-electron chi connectivity index (χ0n) is 17.8. The molecule has 0 bridgehead atoms. The minimum atomic E-state index is 0. The molecular weight excluding hydrogens is 481 g/mol. The van der Waals surface area contributed by atoms with Crippen molar-refractivity contribution in [2.45, 2.75) is 82.7 Å². The number of aliphatic imine (C=N–C) groups is 1. The minimum absolute atomic E-state index is 0. The highest BCUT2D eigenvalue weighted by Gasteiger charge is 2.31. The van der Waals surface area contributed by atoms with Crippen LogP contribution in [0, 0.1) is 5.92 Å². The van der Waals surface area contributed by atoms with E-state index in [1.165, 1.54) is 32.1 Å². The van der Waals surface area contributed by atoms with Crippen LogP contribution in [0.5, 0.6) is 0 Å². The largest absolute Gasteiger partial charge is 0.356 e. The molecule has 3 rings (SSSR count). The standard InChI is InChI=1S/C21H37N5O2.HI/c1-22-21(23-13-11-19(27)24-17-9-5-6-10-17)25-18-12-14-26(15-18)20(28)16-7-3-2-4-8-16;/h16-18H,2-15H2,1H3,(H,24,27)(H2,22,23,25);1H. The lowest BCUT2D eigenvalue weighted by atomic mass is 9.88. The van der Waals surface area contributed by atoms with Gasteiger partial charge in [0.2, 0.25) is 11.8 Å². The molecule has 7 nitrogen and oxygen atoms in total. The number of halogens is 1. The predicted octanol–water partition coefficient (Wildman–Crippen LogP) is 2.40. The minimum Gasteiger partial charge on any atom is -0.356 e. The van der Waals surface area contributed by atoms with E-state index in [1.807, 2.05) is 4.90 Å². The van der Waals surface area contributed by atoms with Crippen molar-refractivity contribution in [2.24, 2.45) is 10.9 Å². The number of nitrogens with zero attached hydrogens (tertiary/aromatic N) is 2. The molecule has 0 aromatic heterocycles. The molecule has 1 atom stereocenters. The topological polar surface area (TPSA) is 85.8 Å². The van der Waals surface area contributed by atoms with Crippen molar-refractivity contribution < 1.29 is 9.59 Å². The SMILES string of the molecule is CN=C(NCCC(=O)NC1CCCC1)NC1CCN(C(=O)C2CCCCC2)C1.I. The first kappa shape index (κ1) is 24.2. The Bertz CT molecular complexity index is 559. The van der Waals surface area contributed by atoms with Crippen molar-refractivity contribution in [1.82, 2.24) is 20.9 Å². The Morgan fingerprint density at radius 1 is 0.931 bits per heavy atom. The Kier molecular flexibility index (Phi) is 10.5. The van der Waals surface area contributed by atoms with Crippen LogP contribution in [0.4, 0.5) is 0 Å². The Labute approximate surface area is 192 Å². The summed E-state index contributed by atoms with van der Waals surface area (Å²) in [4.78, 5) is 31.0. The highest BCUT2D eigenvalue weighted by atomic mass is 127. The Balaban J connectivity index is 0.00000300. The van der Waals surface area contributed by atoms with Crippen molar-refractivity contribution in [1.29, 1.82) is 0 Å². The molecule has 2 aliphatic carbocycles. The van der Waals surface area contributed by atoms with E-state index in [0.29, 0.717) is 30.9 Å². The normalized spacial score (nSPS) is 23.6. The molecule has 1 heterocycles. The smallest absolute Gasteiger partial charge is 0.225 e.